The molecule has 3 rings (SSSR count). The highest BCUT2D eigenvalue weighted by atomic mass is 16.4. The molecule has 2 aliphatic heterocycles. The molecule has 2 fully saturated rings. The first-order valence-electron chi connectivity index (χ1n) is 7.22. The van der Waals surface area contributed by atoms with Gasteiger partial charge in [-0.15, -0.1) is 0 Å². The van der Waals surface area contributed by atoms with Gasteiger partial charge in [0, 0.05) is 45.0 Å². The fraction of sp³-hybridized carbons (Fsp3) is 0.643. The number of aromatic nitrogens is 2. The van der Waals surface area contributed by atoms with Crippen molar-refractivity contribution in [2.45, 2.75) is 31.3 Å². The molecule has 0 aliphatic carbocycles. The second kappa shape index (κ2) is 5.14. The summed E-state index contributed by atoms with van der Waals surface area (Å²) < 4.78 is 0. The van der Waals surface area contributed by atoms with Gasteiger partial charge in [0.05, 0.1) is 17.8 Å². The van der Waals surface area contributed by atoms with Gasteiger partial charge in [0.2, 0.25) is 5.91 Å². The van der Waals surface area contributed by atoms with E-state index in [4.69, 9.17) is 0 Å². The highest BCUT2D eigenvalue weighted by molar-refractivity contribution is 5.88. The Kier molecular flexibility index (Phi) is 3.44. The summed E-state index contributed by atoms with van der Waals surface area (Å²) in [5.41, 5.74) is 0.546. The Balaban J connectivity index is 1.70. The maximum atomic E-state index is 11.9. The molecule has 0 bridgehead atoms. The van der Waals surface area contributed by atoms with Crippen molar-refractivity contribution in [3.05, 3.63) is 18.2 Å². The average Bonchev–Trinajstić information content (AvgIpc) is 3.04. The quantitative estimate of drug-likeness (QED) is 0.837. The molecule has 1 spiro atoms. The van der Waals surface area contributed by atoms with Crippen LogP contribution in [-0.2, 0) is 16.1 Å². The van der Waals surface area contributed by atoms with Gasteiger partial charge in [-0.1, -0.05) is 0 Å². The largest absolute Gasteiger partial charge is 0.481 e. The van der Waals surface area contributed by atoms with Crippen LogP contribution < -0.4 is 0 Å². The highest BCUT2D eigenvalue weighted by Crippen LogP contribution is 2.42. The van der Waals surface area contributed by atoms with Gasteiger partial charge in [-0.25, -0.2) is 4.98 Å². The van der Waals surface area contributed by atoms with E-state index in [9.17, 15) is 14.7 Å². The van der Waals surface area contributed by atoms with E-state index in [0.29, 0.717) is 12.8 Å². The molecule has 7 nitrogen and oxygen atoms in total. The summed E-state index contributed by atoms with van der Waals surface area (Å²) >= 11 is 0. The molecule has 1 aromatic heterocycles. The Hall–Kier alpha value is -1.89. The molecule has 1 atom stereocenters. The second-order valence-corrected chi connectivity index (χ2v) is 6.00. The second-order valence-electron chi connectivity index (χ2n) is 6.00. The monoisotopic (exact) mass is 292 g/mol. The van der Waals surface area contributed by atoms with Gasteiger partial charge in [-0.05, 0) is 12.8 Å². The zero-order valence-corrected chi connectivity index (χ0v) is 12.1. The molecule has 0 unspecified atom stereocenters. The van der Waals surface area contributed by atoms with Crippen LogP contribution in [0.4, 0.5) is 0 Å². The van der Waals surface area contributed by atoms with Crippen LogP contribution in [0.3, 0.4) is 0 Å². The Labute approximate surface area is 122 Å². The number of aliphatic carboxylic acids is 1. The number of imidazole rings is 1. The normalized spacial score (nSPS) is 25.7. The number of nitrogens with zero attached hydrogens (tertiary/aromatic N) is 3. The molecule has 0 radical (unpaired) electrons. The van der Waals surface area contributed by atoms with E-state index in [1.54, 1.807) is 24.5 Å². The van der Waals surface area contributed by atoms with E-state index in [1.807, 2.05) is 0 Å². The molecule has 21 heavy (non-hydrogen) atoms. The summed E-state index contributed by atoms with van der Waals surface area (Å²) in [5, 5.41) is 9.43. The van der Waals surface area contributed by atoms with Crippen molar-refractivity contribution in [3.63, 3.8) is 0 Å². The van der Waals surface area contributed by atoms with Crippen LogP contribution >= 0.6 is 0 Å². The summed E-state index contributed by atoms with van der Waals surface area (Å²) in [6, 6.07) is 0. The van der Waals surface area contributed by atoms with E-state index in [1.165, 1.54) is 0 Å². The van der Waals surface area contributed by atoms with Crippen molar-refractivity contribution in [3.8, 4) is 0 Å². The summed E-state index contributed by atoms with van der Waals surface area (Å²) in [6.45, 7) is 2.37. The number of nitrogens with one attached hydrogen (secondary N) is 1. The lowest BCUT2D eigenvalue weighted by molar-refractivity contribution is -0.146. The van der Waals surface area contributed by atoms with Crippen LogP contribution in [0.2, 0.25) is 0 Å². The predicted molar refractivity (Wildman–Crippen MR) is 74.3 cm³/mol. The first-order chi connectivity index (χ1) is 10.0. The third kappa shape index (κ3) is 2.31. The number of rotatable bonds is 3. The Bertz CT molecular complexity index is 534. The van der Waals surface area contributed by atoms with Crippen LogP contribution in [0.15, 0.2) is 12.5 Å². The lowest BCUT2D eigenvalue weighted by Crippen LogP contribution is -2.55. The lowest BCUT2D eigenvalue weighted by atomic mass is 9.77. The van der Waals surface area contributed by atoms with Crippen LogP contribution in [0.25, 0.3) is 0 Å². The molecular formula is C14H20N4O3. The van der Waals surface area contributed by atoms with Crippen LogP contribution in [0.1, 0.15) is 25.0 Å². The van der Waals surface area contributed by atoms with Crippen LogP contribution in [-0.4, -0.2) is 62.4 Å². The molecule has 0 saturated carbocycles. The summed E-state index contributed by atoms with van der Waals surface area (Å²) in [7, 11) is 1.75. The molecule has 114 valence electrons. The topological polar surface area (TPSA) is 89.5 Å². The molecule has 0 aromatic carbocycles. The minimum Gasteiger partial charge on any atom is -0.481 e. The van der Waals surface area contributed by atoms with E-state index >= 15 is 0 Å². The van der Waals surface area contributed by atoms with Gasteiger partial charge in [0.15, 0.2) is 0 Å². The number of likely N-dealkylation sites (tertiary alicyclic amines) is 2. The maximum absolute atomic E-state index is 11.9. The van der Waals surface area contributed by atoms with Crippen LogP contribution in [0, 0.1) is 5.92 Å². The number of amides is 1. The fourth-order valence-electron chi connectivity index (χ4n) is 3.70. The minimum atomic E-state index is -0.852. The highest BCUT2D eigenvalue weighted by Gasteiger charge is 2.55. The average molecular weight is 292 g/mol. The number of hydrogen-bond acceptors (Lipinski definition) is 4. The van der Waals surface area contributed by atoms with E-state index < -0.39 is 17.4 Å². The molecule has 3 heterocycles. The Morgan fingerprint density at radius 3 is 2.81 bits per heavy atom. The first-order valence-corrected chi connectivity index (χ1v) is 7.22. The third-order valence-electron chi connectivity index (χ3n) is 5.04. The van der Waals surface area contributed by atoms with Gasteiger partial charge in [0.1, 0.15) is 0 Å². The molecule has 1 aromatic rings. The van der Waals surface area contributed by atoms with Crippen LogP contribution in [0.5, 0.6) is 0 Å². The number of H-pyrrole nitrogens is 1. The van der Waals surface area contributed by atoms with E-state index in [2.05, 4.69) is 14.9 Å². The summed E-state index contributed by atoms with van der Waals surface area (Å²) in [6.07, 6.45) is 5.01. The number of hydrogen-bond donors (Lipinski definition) is 2. The number of aromatic amines is 1. The van der Waals surface area contributed by atoms with Crippen molar-refractivity contribution < 1.29 is 14.7 Å². The number of carbonyl (C=O) groups is 2. The maximum Gasteiger partial charge on any atom is 0.309 e. The fourth-order valence-corrected chi connectivity index (χ4v) is 3.70. The summed E-state index contributed by atoms with van der Waals surface area (Å²) in [4.78, 5) is 34.5. The molecule has 2 saturated heterocycles. The molecule has 1 amide bonds. The van der Waals surface area contributed by atoms with Gasteiger partial charge < -0.3 is 15.0 Å². The standard InChI is InChI=1S/C14H20N4O3/c1-17-12(19)6-11(13(20)21)14(17)2-4-18(5-3-14)8-10-7-15-9-16-10/h7,9,11H,2-6,8H2,1H3,(H,15,16)(H,20,21)/t11-/m1/s1. The van der Waals surface area contributed by atoms with Crippen molar-refractivity contribution in [2.24, 2.45) is 5.92 Å². The Morgan fingerprint density at radius 2 is 2.24 bits per heavy atom. The minimum absolute atomic E-state index is 0.0515. The number of carbonyl (C=O) groups excluding carboxylic acids is 1. The predicted octanol–water partition coefficient (Wildman–Crippen LogP) is 0.307. The van der Waals surface area contributed by atoms with Gasteiger partial charge in [-0.3, -0.25) is 14.5 Å². The van der Waals surface area contributed by atoms with E-state index in [0.717, 1.165) is 25.3 Å². The van der Waals surface area contributed by atoms with Gasteiger partial charge >= 0.3 is 5.97 Å². The van der Waals surface area contributed by atoms with Gasteiger partial charge in [-0.2, -0.15) is 0 Å². The molecule has 7 heteroatoms. The van der Waals surface area contributed by atoms with Crippen molar-refractivity contribution in [1.82, 2.24) is 19.8 Å². The third-order valence-corrected chi connectivity index (χ3v) is 5.04. The lowest BCUT2D eigenvalue weighted by Gasteiger charge is -2.45. The van der Waals surface area contributed by atoms with Gasteiger partial charge in [0.25, 0.3) is 0 Å². The molecular weight excluding hydrogens is 272 g/mol. The summed E-state index contributed by atoms with van der Waals surface area (Å²) in [5.74, 6) is -1.48. The molecule has 2 aliphatic rings. The molecule has 2 N–H and O–H groups in total. The zero-order valence-electron chi connectivity index (χ0n) is 12.1. The Morgan fingerprint density at radius 1 is 1.52 bits per heavy atom. The first kappa shape index (κ1) is 14.1. The van der Waals surface area contributed by atoms with Crippen molar-refractivity contribution in [1.29, 1.82) is 0 Å². The van der Waals surface area contributed by atoms with E-state index in [-0.39, 0.29) is 12.3 Å². The van der Waals surface area contributed by atoms with Crippen molar-refractivity contribution >= 4 is 11.9 Å². The number of carboxylic acid groups (broad SMARTS) is 1. The van der Waals surface area contributed by atoms with Crippen molar-refractivity contribution in [2.75, 3.05) is 20.1 Å². The SMILES string of the molecule is CN1C(=O)C[C@H](C(=O)O)C12CCN(Cc1cnc[nH]1)CC2. The number of carboxylic acids is 1. The number of piperidine rings is 1. The smallest absolute Gasteiger partial charge is 0.309 e. The zero-order chi connectivity index (χ0) is 15.0.